The zero-order chi connectivity index (χ0) is 12.4. The molecule has 0 aromatic heterocycles. The molecule has 0 N–H and O–H groups in total. The molecule has 3 rings (SSSR count). The monoisotopic (exact) mass is 260 g/mol. The third-order valence-corrected chi connectivity index (χ3v) is 2.86. The first-order valence-corrected chi connectivity index (χ1v) is 5.98. The first kappa shape index (κ1) is 11.2. The van der Waals surface area contributed by atoms with E-state index in [4.69, 9.17) is 16.3 Å². The lowest BCUT2D eigenvalue weighted by Gasteiger charge is -2.13. The number of ether oxygens (including phenoxy) is 1. The fraction of sp³-hybridized carbons (Fsp3) is 0.154. The van der Waals surface area contributed by atoms with E-state index in [1.165, 1.54) is 0 Å². The Morgan fingerprint density at radius 1 is 1.28 bits per heavy atom. The standard InChI is InChI=1S/C13H11ClN3O/c14-12-8-11(13-15-6-7-17(13)16-12)18-9-10-4-2-1-3-5-10/h1-8,13H,9H2/q+1. The maximum atomic E-state index is 5.94. The van der Waals surface area contributed by atoms with Crippen LogP contribution in [0.5, 0.6) is 0 Å². The van der Waals surface area contributed by atoms with Crippen molar-refractivity contribution >= 4 is 29.2 Å². The first-order chi connectivity index (χ1) is 8.83. The molecule has 1 atom stereocenters. The van der Waals surface area contributed by atoms with Gasteiger partial charge in [-0.3, -0.25) is 0 Å². The predicted molar refractivity (Wildman–Crippen MR) is 71.2 cm³/mol. The number of hydrogen-bond acceptors (Lipinski definition) is 3. The molecule has 0 spiro atoms. The molecule has 0 bridgehead atoms. The van der Waals surface area contributed by atoms with Gasteiger partial charge in [-0.25, -0.2) is 4.99 Å². The second-order valence-electron chi connectivity index (χ2n) is 3.94. The van der Waals surface area contributed by atoms with Gasteiger partial charge in [-0.1, -0.05) is 46.6 Å². The van der Waals surface area contributed by atoms with Crippen molar-refractivity contribution < 1.29 is 9.42 Å². The van der Waals surface area contributed by atoms with Crippen LogP contribution in [0, 0.1) is 0 Å². The molecule has 0 saturated heterocycles. The van der Waals surface area contributed by atoms with Gasteiger partial charge in [0.2, 0.25) is 6.21 Å². The smallest absolute Gasteiger partial charge is 0.334 e. The average molecular weight is 261 g/mol. The minimum Gasteiger partial charge on any atom is -0.484 e. The first-order valence-electron chi connectivity index (χ1n) is 5.60. The van der Waals surface area contributed by atoms with Crippen molar-refractivity contribution in [2.45, 2.75) is 12.8 Å². The Labute approximate surface area is 110 Å². The summed E-state index contributed by atoms with van der Waals surface area (Å²) in [5.41, 5.74) is 1.11. The third-order valence-electron chi connectivity index (χ3n) is 2.67. The van der Waals surface area contributed by atoms with E-state index in [0.29, 0.717) is 17.5 Å². The Balaban J connectivity index is 1.75. The van der Waals surface area contributed by atoms with E-state index < -0.39 is 0 Å². The van der Waals surface area contributed by atoms with E-state index in [2.05, 4.69) is 10.1 Å². The molecule has 18 heavy (non-hydrogen) atoms. The Hall–Kier alpha value is -1.94. The van der Waals surface area contributed by atoms with Gasteiger partial charge >= 0.3 is 6.17 Å². The quantitative estimate of drug-likeness (QED) is 0.767. The van der Waals surface area contributed by atoms with Crippen LogP contribution in [0.25, 0.3) is 0 Å². The number of nitrogens with zero attached hydrogens (tertiary/aromatic N) is 3. The maximum absolute atomic E-state index is 5.94. The van der Waals surface area contributed by atoms with Gasteiger partial charge in [-0.15, -0.1) is 0 Å². The lowest BCUT2D eigenvalue weighted by Crippen LogP contribution is -2.25. The third kappa shape index (κ3) is 2.19. The summed E-state index contributed by atoms with van der Waals surface area (Å²) in [5, 5.41) is 4.53. The Kier molecular flexibility index (Phi) is 2.94. The molecule has 1 unspecified atom stereocenters. The van der Waals surface area contributed by atoms with Gasteiger partial charge in [0, 0.05) is 11.2 Å². The molecule has 0 aliphatic carbocycles. The highest BCUT2D eigenvalue weighted by Crippen LogP contribution is 2.19. The number of benzene rings is 1. The van der Waals surface area contributed by atoms with Crippen LogP contribution in [0.15, 0.2) is 52.3 Å². The number of rotatable bonds is 3. The van der Waals surface area contributed by atoms with E-state index >= 15 is 0 Å². The molecular weight excluding hydrogens is 250 g/mol. The number of allylic oxidation sites excluding steroid dienone is 1. The van der Waals surface area contributed by atoms with Crippen molar-refractivity contribution in [2.75, 3.05) is 0 Å². The Bertz CT molecular complexity index is 575. The molecule has 1 aromatic carbocycles. The van der Waals surface area contributed by atoms with Gasteiger partial charge in [0.1, 0.15) is 6.61 Å². The van der Waals surface area contributed by atoms with Crippen LogP contribution in [0.1, 0.15) is 5.56 Å². The van der Waals surface area contributed by atoms with Gasteiger partial charge in [-0.2, -0.15) is 0 Å². The molecule has 2 heterocycles. The average Bonchev–Trinajstić information content (AvgIpc) is 2.85. The van der Waals surface area contributed by atoms with Gasteiger partial charge in [0.25, 0.3) is 0 Å². The maximum Gasteiger partial charge on any atom is 0.334 e. The summed E-state index contributed by atoms with van der Waals surface area (Å²) < 4.78 is 7.46. The zero-order valence-electron chi connectivity index (χ0n) is 9.53. The SMILES string of the molecule is ClC1=N[N+]2=CC=NC2C(OCc2ccccc2)=C1. The van der Waals surface area contributed by atoms with Crippen LogP contribution in [-0.4, -0.2) is 28.5 Å². The number of aliphatic imine (C=N–C) groups is 1. The summed E-state index contributed by atoms with van der Waals surface area (Å²) in [6, 6.07) is 9.97. The van der Waals surface area contributed by atoms with Gasteiger partial charge in [0.05, 0.1) is 6.21 Å². The van der Waals surface area contributed by atoms with Crippen LogP contribution in [-0.2, 0) is 11.3 Å². The van der Waals surface area contributed by atoms with Gasteiger partial charge < -0.3 is 4.74 Å². The van der Waals surface area contributed by atoms with E-state index in [1.54, 1.807) is 23.2 Å². The molecule has 0 radical (unpaired) electrons. The van der Waals surface area contributed by atoms with Crippen molar-refractivity contribution in [3.63, 3.8) is 0 Å². The van der Waals surface area contributed by atoms with E-state index in [-0.39, 0.29) is 6.17 Å². The van der Waals surface area contributed by atoms with Crippen molar-refractivity contribution in [3.05, 3.63) is 47.7 Å². The molecule has 0 saturated carbocycles. The molecule has 1 aromatic rings. The van der Waals surface area contributed by atoms with Gasteiger partial charge in [-0.05, 0) is 5.56 Å². The van der Waals surface area contributed by atoms with Crippen LogP contribution in [0.2, 0.25) is 0 Å². The molecule has 2 aliphatic heterocycles. The van der Waals surface area contributed by atoms with Crippen LogP contribution < -0.4 is 0 Å². The summed E-state index contributed by atoms with van der Waals surface area (Å²) in [4.78, 5) is 4.27. The molecule has 0 fully saturated rings. The largest absolute Gasteiger partial charge is 0.484 e. The number of halogens is 1. The summed E-state index contributed by atoms with van der Waals surface area (Å²) in [5.74, 6) is 0.712. The number of fused-ring (bicyclic) bond motifs is 1. The second kappa shape index (κ2) is 4.74. The second-order valence-corrected chi connectivity index (χ2v) is 4.33. The van der Waals surface area contributed by atoms with E-state index in [0.717, 1.165) is 5.56 Å². The summed E-state index contributed by atoms with van der Waals surface area (Å²) >= 11 is 5.94. The lowest BCUT2D eigenvalue weighted by atomic mass is 10.2. The topological polar surface area (TPSA) is 37.0 Å². The molecule has 0 amide bonds. The van der Waals surface area contributed by atoms with Crippen molar-refractivity contribution in [1.29, 1.82) is 0 Å². The van der Waals surface area contributed by atoms with Crippen molar-refractivity contribution in [1.82, 2.24) is 0 Å². The number of hydrogen-bond donors (Lipinski definition) is 0. The zero-order valence-corrected chi connectivity index (χ0v) is 10.3. The molecule has 4 nitrogen and oxygen atoms in total. The highest BCUT2D eigenvalue weighted by atomic mass is 35.5. The predicted octanol–water partition coefficient (Wildman–Crippen LogP) is 2.15. The highest BCUT2D eigenvalue weighted by Gasteiger charge is 2.33. The minimum atomic E-state index is -0.212. The molecule has 5 heteroatoms. The molecular formula is C13H11ClN3O+. The van der Waals surface area contributed by atoms with Gasteiger partial charge in [0.15, 0.2) is 10.9 Å². The van der Waals surface area contributed by atoms with E-state index in [9.17, 15) is 0 Å². The Morgan fingerprint density at radius 3 is 2.94 bits per heavy atom. The molecule has 2 aliphatic rings. The van der Waals surface area contributed by atoms with E-state index in [1.807, 2.05) is 30.3 Å². The van der Waals surface area contributed by atoms with Crippen LogP contribution in [0.4, 0.5) is 0 Å². The summed E-state index contributed by atoms with van der Waals surface area (Å²) in [6.07, 6.45) is 4.97. The number of hydrazone groups is 1. The lowest BCUT2D eigenvalue weighted by molar-refractivity contribution is -0.557. The normalized spacial score (nSPS) is 20.9. The minimum absolute atomic E-state index is 0.212. The van der Waals surface area contributed by atoms with Crippen LogP contribution in [0.3, 0.4) is 0 Å². The van der Waals surface area contributed by atoms with Crippen molar-refractivity contribution in [3.8, 4) is 0 Å². The fourth-order valence-electron chi connectivity index (χ4n) is 1.82. The summed E-state index contributed by atoms with van der Waals surface area (Å²) in [6.45, 7) is 0.497. The summed E-state index contributed by atoms with van der Waals surface area (Å²) in [7, 11) is 0. The van der Waals surface area contributed by atoms with Crippen molar-refractivity contribution in [2.24, 2.45) is 10.1 Å². The highest BCUT2D eigenvalue weighted by molar-refractivity contribution is 6.68. The Morgan fingerprint density at radius 2 is 2.11 bits per heavy atom. The molecule has 90 valence electrons. The fourth-order valence-corrected chi connectivity index (χ4v) is 2.01. The van der Waals surface area contributed by atoms with Crippen LogP contribution >= 0.6 is 11.6 Å².